The Morgan fingerprint density at radius 3 is 2.89 bits per heavy atom. The largest absolute Gasteiger partial charge is 0.335 e. The summed E-state index contributed by atoms with van der Waals surface area (Å²) in [6, 6.07) is 3.00. The number of imidazole rings is 1. The van der Waals surface area contributed by atoms with Gasteiger partial charge in [0.1, 0.15) is 11.4 Å². The van der Waals surface area contributed by atoms with Gasteiger partial charge in [0, 0.05) is 30.9 Å². The molecule has 1 aliphatic carbocycles. The molecule has 1 aliphatic rings. The molecule has 1 aromatic rings. The standard InChI is InChI=1S/C15H24N4/c1-12(2)14-17-8-10-19(14)9-4-7-15(3,11-16)18-13-5-6-13/h8,10,12-13,18H,4-7,9H2,1-3H3. The molecule has 0 spiro atoms. The Morgan fingerprint density at radius 1 is 1.58 bits per heavy atom. The summed E-state index contributed by atoms with van der Waals surface area (Å²) in [6.45, 7) is 7.28. The molecule has 1 atom stereocenters. The molecule has 104 valence electrons. The van der Waals surface area contributed by atoms with E-state index in [9.17, 15) is 5.26 Å². The van der Waals surface area contributed by atoms with E-state index >= 15 is 0 Å². The van der Waals surface area contributed by atoms with Crippen LogP contribution < -0.4 is 5.32 Å². The van der Waals surface area contributed by atoms with E-state index in [1.165, 1.54) is 12.8 Å². The average Bonchev–Trinajstić information content (AvgIpc) is 3.04. The molecular formula is C15H24N4. The van der Waals surface area contributed by atoms with Crippen molar-refractivity contribution in [3.63, 3.8) is 0 Å². The van der Waals surface area contributed by atoms with Gasteiger partial charge >= 0.3 is 0 Å². The van der Waals surface area contributed by atoms with Crippen molar-refractivity contribution in [2.75, 3.05) is 0 Å². The highest BCUT2D eigenvalue weighted by Crippen LogP contribution is 2.24. The molecule has 1 N–H and O–H groups in total. The Balaban J connectivity index is 1.84. The number of nitriles is 1. The number of aromatic nitrogens is 2. The first-order valence-corrected chi connectivity index (χ1v) is 7.24. The summed E-state index contributed by atoms with van der Waals surface area (Å²) >= 11 is 0. The second-order valence-corrected chi connectivity index (χ2v) is 6.10. The molecule has 0 amide bonds. The number of nitrogens with one attached hydrogen (secondary N) is 1. The number of aryl methyl sites for hydroxylation is 1. The van der Waals surface area contributed by atoms with Crippen LogP contribution in [0.2, 0.25) is 0 Å². The summed E-state index contributed by atoms with van der Waals surface area (Å²) in [7, 11) is 0. The van der Waals surface area contributed by atoms with Crippen LogP contribution in [0.5, 0.6) is 0 Å². The van der Waals surface area contributed by atoms with Gasteiger partial charge in [-0.2, -0.15) is 5.26 Å². The van der Waals surface area contributed by atoms with E-state index < -0.39 is 0 Å². The Hall–Kier alpha value is -1.34. The van der Waals surface area contributed by atoms with Crippen LogP contribution in [0.3, 0.4) is 0 Å². The number of hydrogen-bond acceptors (Lipinski definition) is 3. The summed E-state index contributed by atoms with van der Waals surface area (Å²) in [6.07, 6.45) is 8.22. The van der Waals surface area contributed by atoms with Gasteiger partial charge < -0.3 is 4.57 Å². The van der Waals surface area contributed by atoms with Gasteiger partial charge in [-0.3, -0.25) is 5.32 Å². The fourth-order valence-corrected chi connectivity index (χ4v) is 2.45. The van der Waals surface area contributed by atoms with E-state index in [2.05, 4.69) is 34.8 Å². The zero-order valence-corrected chi connectivity index (χ0v) is 12.2. The van der Waals surface area contributed by atoms with Crippen LogP contribution in [-0.2, 0) is 6.54 Å². The first-order valence-electron chi connectivity index (χ1n) is 7.24. The second kappa shape index (κ2) is 5.75. The molecule has 1 unspecified atom stereocenters. The third-order valence-corrected chi connectivity index (χ3v) is 3.69. The molecule has 1 aromatic heterocycles. The van der Waals surface area contributed by atoms with Crippen molar-refractivity contribution in [3.8, 4) is 6.07 Å². The van der Waals surface area contributed by atoms with Crippen LogP contribution >= 0.6 is 0 Å². The summed E-state index contributed by atoms with van der Waals surface area (Å²) in [4.78, 5) is 4.39. The summed E-state index contributed by atoms with van der Waals surface area (Å²) in [5.74, 6) is 1.58. The van der Waals surface area contributed by atoms with Crippen molar-refractivity contribution in [1.82, 2.24) is 14.9 Å². The van der Waals surface area contributed by atoms with E-state index in [1.54, 1.807) is 0 Å². The van der Waals surface area contributed by atoms with Crippen LogP contribution in [-0.4, -0.2) is 21.1 Å². The molecule has 0 saturated heterocycles. The van der Waals surface area contributed by atoms with Crippen LogP contribution in [0.4, 0.5) is 0 Å². The number of hydrogen-bond donors (Lipinski definition) is 1. The Labute approximate surface area is 115 Å². The number of nitrogens with zero attached hydrogens (tertiary/aromatic N) is 3. The molecule has 2 rings (SSSR count). The molecule has 0 aromatic carbocycles. The van der Waals surface area contributed by atoms with Crippen LogP contribution in [0.1, 0.15) is 58.2 Å². The maximum Gasteiger partial charge on any atom is 0.111 e. The molecule has 0 aliphatic heterocycles. The van der Waals surface area contributed by atoms with Crippen molar-refractivity contribution < 1.29 is 0 Å². The van der Waals surface area contributed by atoms with Crippen LogP contribution in [0, 0.1) is 11.3 Å². The summed E-state index contributed by atoms with van der Waals surface area (Å²) in [5, 5.41) is 12.8. The monoisotopic (exact) mass is 260 g/mol. The highest BCUT2D eigenvalue weighted by atomic mass is 15.1. The van der Waals surface area contributed by atoms with Crippen molar-refractivity contribution in [2.45, 2.75) is 70.5 Å². The fourth-order valence-electron chi connectivity index (χ4n) is 2.45. The quantitative estimate of drug-likeness (QED) is 0.820. The van der Waals surface area contributed by atoms with E-state index in [4.69, 9.17) is 0 Å². The smallest absolute Gasteiger partial charge is 0.111 e. The minimum absolute atomic E-state index is 0.375. The van der Waals surface area contributed by atoms with Gasteiger partial charge in [-0.1, -0.05) is 13.8 Å². The second-order valence-electron chi connectivity index (χ2n) is 6.10. The van der Waals surface area contributed by atoms with E-state index in [-0.39, 0.29) is 5.54 Å². The maximum atomic E-state index is 9.33. The lowest BCUT2D eigenvalue weighted by atomic mass is 9.97. The van der Waals surface area contributed by atoms with Gasteiger partial charge in [-0.15, -0.1) is 0 Å². The van der Waals surface area contributed by atoms with E-state index in [0.717, 1.165) is 25.2 Å². The third-order valence-electron chi connectivity index (χ3n) is 3.69. The SMILES string of the molecule is CC(C)c1nccn1CCCC(C)(C#N)NC1CC1. The van der Waals surface area contributed by atoms with Crippen LogP contribution in [0.25, 0.3) is 0 Å². The summed E-state index contributed by atoms with van der Waals surface area (Å²) < 4.78 is 2.21. The topological polar surface area (TPSA) is 53.6 Å². The van der Waals surface area contributed by atoms with Crippen LogP contribution in [0.15, 0.2) is 12.4 Å². The third kappa shape index (κ3) is 3.81. The van der Waals surface area contributed by atoms with E-state index in [0.29, 0.717) is 12.0 Å². The van der Waals surface area contributed by atoms with E-state index in [1.807, 2.05) is 19.3 Å². The Bertz CT molecular complexity index is 453. The predicted octanol–water partition coefficient (Wildman–Crippen LogP) is 2.82. The van der Waals surface area contributed by atoms with Crippen molar-refractivity contribution in [1.29, 1.82) is 5.26 Å². The molecular weight excluding hydrogens is 236 g/mol. The minimum Gasteiger partial charge on any atom is -0.335 e. The zero-order valence-electron chi connectivity index (χ0n) is 12.2. The maximum absolute atomic E-state index is 9.33. The lowest BCUT2D eigenvalue weighted by molar-refractivity contribution is 0.389. The number of rotatable bonds is 7. The van der Waals surface area contributed by atoms with Crippen molar-refractivity contribution in [2.24, 2.45) is 0 Å². The molecule has 1 heterocycles. The molecule has 1 saturated carbocycles. The lowest BCUT2D eigenvalue weighted by Gasteiger charge is -2.23. The normalized spacial score (nSPS) is 18.3. The minimum atomic E-state index is -0.375. The Kier molecular flexibility index (Phi) is 4.26. The molecule has 1 fully saturated rings. The van der Waals surface area contributed by atoms with Gasteiger partial charge in [-0.25, -0.2) is 4.98 Å². The van der Waals surface area contributed by atoms with Gasteiger partial charge in [0.25, 0.3) is 0 Å². The Morgan fingerprint density at radius 2 is 2.32 bits per heavy atom. The fraction of sp³-hybridized carbons (Fsp3) is 0.733. The average molecular weight is 260 g/mol. The molecule has 4 nitrogen and oxygen atoms in total. The van der Waals surface area contributed by atoms with Gasteiger partial charge in [0.05, 0.1) is 6.07 Å². The van der Waals surface area contributed by atoms with Gasteiger partial charge in [-0.05, 0) is 32.6 Å². The first-order chi connectivity index (χ1) is 9.04. The van der Waals surface area contributed by atoms with Crippen molar-refractivity contribution >= 4 is 0 Å². The highest BCUT2D eigenvalue weighted by Gasteiger charge is 2.31. The molecule has 19 heavy (non-hydrogen) atoms. The summed E-state index contributed by atoms with van der Waals surface area (Å²) in [5.41, 5.74) is -0.375. The predicted molar refractivity (Wildman–Crippen MR) is 75.7 cm³/mol. The molecule has 0 bridgehead atoms. The van der Waals surface area contributed by atoms with Crippen molar-refractivity contribution in [3.05, 3.63) is 18.2 Å². The van der Waals surface area contributed by atoms with Gasteiger partial charge in [0.15, 0.2) is 0 Å². The molecule has 4 heteroatoms. The zero-order chi connectivity index (χ0) is 13.9. The lowest BCUT2D eigenvalue weighted by Crippen LogP contribution is -2.42. The highest BCUT2D eigenvalue weighted by molar-refractivity contribution is 5.07. The first kappa shape index (κ1) is 14.1. The van der Waals surface area contributed by atoms with Gasteiger partial charge in [0.2, 0.25) is 0 Å². The molecule has 0 radical (unpaired) electrons.